The maximum atomic E-state index is 13.3. The number of ether oxygens (including phenoxy) is 2. The highest BCUT2D eigenvalue weighted by Gasteiger charge is 2.70. The Morgan fingerprint density at radius 2 is 1.93 bits per heavy atom. The van der Waals surface area contributed by atoms with E-state index in [2.05, 4.69) is 0 Å². The zero-order valence-electron chi connectivity index (χ0n) is 17.3. The molecular formula is C21H26O7S. The van der Waals surface area contributed by atoms with Gasteiger partial charge in [0.25, 0.3) is 0 Å². The van der Waals surface area contributed by atoms with Gasteiger partial charge in [0.15, 0.2) is 27.2 Å². The summed E-state index contributed by atoms with van der Waals surface area (Å²) in [7, 11) is -2.27. The molecule has 0 heterocycles. The first kappa shape index (κ1) is 21.6. The molecule has 0 N–H and O–H groups in total. The summed E-state index contributed by atoms with van der Waals surface area (Å²) in [6, 6.07) is 2.62. The summed E-state index contributed by atoms with van der Waals surface area (Å²) in [6.07, 6.45) is 2.23. The van der Waals surface area contributed by atoms with Crippen molar-refractivity contribution in [3.63, 3.8) is 0 Å². The van der Waals surface area contributed by atoms with Gasteiger partial charge in [0, 0.05) is 35.8 Å². The molecule has 0 bridgehead atoms. The van der Waals surface area contributed by atoms with Gasteiger partial charge in [-0.3, -0.25) is 14.4 Å². The Morgan fingerprint density at radius 1 is 1.28 bits per heavy atom. The van der Waals surface area contributed by atoms with Gasteiger partial charge in [-0.2, -0.15) is 0 Å². The highest BCUT2D eigenvalue weighted by Crippen LogP contribution is 2.57. The number of rotatable bonds is 7. The summed E-state index contributed by atoms with van der Waals surface area (Å²) >= 11 is 0. The van der Waals surface area contributed by atoms with E-state index in [1.807, 2.05) is 6.92 Å². The van der Waals surface area contributed by atoms with E-state index in [4.69, 9.17) is 9.47 Å². The van der Waals surface area contributed by atoms with Crippen LogP contribution in [0.15, 0.2) is 17.0 Å². The van der Waals surface area contributed by atoms with E-state index in [9.17, 15) is 22.8 Å². The van der Waals surface area contributed by atoms with E-state index in [1.54, 1.807) is 13.8 Å². The fourth-order valence-corrected chi connectivity index (χ4v) is 5.26. The van der Waals surface area contributed by atoms with Crippen molar-refractivity contribution in [2.24, 2.45) is 17.8 Å². The molecule has 158 valence electrons. The first-order chi connectivity index (χ1) is 13.5. The van der Waals surface area contributed by atoms with Gasteiger partial charge in [0.2, 0.25) is 0 Å². The van der Waals surface area contributed by atoms with Crippen molar-refractivity contribution in [3.8, 4) is 5.75 Å². The number of fused-ring (bicyclic) bond motifs is 1. The molecule has 3 rings (SSSR count). The summed E-state index contributed by atoms with van der Waals surface area (Å²) in [5, 5.41) is 0. The Kier molecular flexibility index (Phi) is 5.47. The van der Waals surface area contributed by atoms with Gasteiger partial charge in [-0.15, -0.1) is 0 Å². The van der Waals surface area contributed by atoms with Crippen molar-refractivity contribution in [3.05, 3.63) is 23.3 Å². The molecule has 0 spiro atoms. The van der Waals surface area contributed by atoms with Crippen molar-refractivity contribution in [1.82, 2.24) is 0 Å². The number of sulfone groups is 1. The summed E-state index contributed by atoms with van der Waals surface area (Å²) in [6.45, 7) is 5.60. The molecule has 0 saturated heterocycles. The van der Waals surface area contributed by atoms with Crippen LogP contribution in [0.4, 0.5) is 0 Å². The molecule has 4 atom stereocenters. The van der Waals surface area contributed by atoms with Crippen molar-refractivity contribution in [1.29, 1.82) is 0 Å². The molecule has 1 aromatic carbocycles. The first-order valence-corrected chi connectivity index (χ1v) is 11.5. The summed E-state index contributed by atoms with van der Waals surface area (Å²) < 4.78 is 35.0. The monoisotopic (exact) mass is 422 g/mol. The van der Waals surface area contributed by atoms with Gasteiger partial charge >= 0.3 is 0 Å². The normalized spacial score (nSPS) is 28.8. The Labute approximate surface area is 170 Å². The van der Waals surface area contributed by atoms with Gasteiger partial charge in [-0.05, 0) is 31.9 Å². The SMILES string of the molecule is CCCOC12CC1C(C)C(=O)C(C(=O)c1ccc(S(C)(=O)=O)c(OC)c1C)C2=O. The third-order valence-electron chi connectivity index (χ3n) is 6.04. The van der Waals surface area contributed by atoms with Crippen LogP contribution in [0, 0.1) is 24.7 Å². The Balaban J connectivity index is 2.03. The average molecular weight is 422 g/mol. The molecule has 8 heteroatoms. The highest BCUT2D eigenvalue weighted by molar-refractivity contribution is 7.90. The van der Waals surface area contributed by atoms with Crippen molar-refractivity contribution >= 4 is 27.2 Å². The third-order valence-corrected chi connectivity index (χ3v) is 7.16. The second-order valence-electron chi connectivity index (χ2n) is 7.94. The average Bonchev–Trinajstić information content (AvgIpc) is 3.40. The Hall–Kier alpha value is -2.06. The fourth-order valence-electron chi connectivity index (χ4n) is 4.37. The molecule has 0 aromatic heterocycles. The van der Waals surface area contributed by atoms with Crippen LogP contribution in [-0.2, 0) is 24.2 Å². The molecular weight excluding hydrogens is 396 g/mol. The number of benzene rings is 1. The largest absolute Gasteiger partial charge is 0.495 e. The predicted octanol–water partition coefficient (Wildman–Crippen LogP) is 2.18. The van der Waals surface area contributed by atoms with Gasteiger partial charge in [-0.25, -0.2) is 8.42 Å². The van der Waals surface area contributed by atoms with E-state index in [-0.39, 0.29) is 27.7 Å². The fraction of sp³-hybridized carbons (Fsp3) is 0.571. The molecule has 2 aliphatic rings. The smallest absolute Gasteiger partial charge is 0.183 e. The summed E-state index contributed by atoms with van der Waals surface area (Å²) in [4.78, 5) is 39.3. The van der Waals surface area contributed by atoms with Crippen LogP contribution in [0.2, 0.25) is 0 Å². The minimum atomic E-state index is -3.58. The van der Waals surface area contributed by atoms with Crippen LogP contribution in [-0.4, -0.2) is 51.3 Å². The lowest BCUT2D eigenvalue weighted by atomic mass is 9.74. The lowest BCUT2D eigenvalue weighted by molar-refractivity contribution is -0.148. The first-order valence-electron chi connectivity index (χ1n) is 9.65. The van der Waals surface area contributed by atoms with Crippen molar-refractivity contribution in [2.45, 2.75) is 44.1 Å². The second kappa shape index (κ2) is 7.32. The zero-order chi connectivity index (χ0) is 21.7. The molecule has 2 aliphatic carbocycles. The topological polar surface area (TPSA) is 104 Å². The highest BCUT2D eigenvalue weighted by atomic mass is 32.2. The van der Waals surface area contributed by atoms with Crippen LogP contribution >= 0.6 is 0 Å². The maximum Gasteiger partial charge on any atom is 0.183 e. The molecule has 0 amide bonds. The molecule has 7 nitrogen and oxygen atoms in total. The number of hydrogen-bond acceptors (Lipinski definition) is 7. The van der Waals surface area contributed by atoms with Gasteiger partial charge < -0.3 is 9.47 Å². The number of carbonyl (C=O) groups is 3. The van der Waals surface area contributed by atoms with E-state index in [0.717, 1.165) is 12.7 Å². The van der Waals surface area contributed by atoms with Crippen LogP contribution in [0.3, 0.4) is 0 Å². The zero-order valence-corrected chi connectivity index (χ0v) is 18.1. The van der Waals surface area contributed by atoms with E-state index in [0.29, 0.717) is 13.0 Å². The number of carbonyl (C=O) groups excluding carboxylic acids is 3. The van der Waals surface area contributed by atoms with Crippen molar-refractivity contribution < 1.29 is 32.3 Å². The van der Waals surface area contributed by atoms with Crippen LogP contribution < -0.4 is 4.74 Å². The van der Waals surface area contributed by atoms with Gasteiger partial charge in [0.05, 0.1) is 7.11 Å². The van der Waals surface area contributed by atoms with E-state index in [1.165, 1.54) is 19.2 Å². The second-order valence-corrected chi connectivity index (χ2v) is 9.93. The lowest BCUT2D eigenvalue weighted by Crippen LogP contribution is -2.50. The lowest BCUT2D eigenvalue weighted by Gasteiger charge is -2.30. The van der Waals surface area contributed by atoms with Crippen molar-refractivity contribution in [2.75, 3.05) is 20.0 Å². The van der Waals surface area contributed by atoms with E-state index >= 15 is 0 Å². The quantitative estimate of drug-likeness (QED) is 0.490. The Morgan fingerprint density at radius 3 is 2.48 bits per heavy atom. The summed E-state index contributed by atoms with van der Waals surface area (Å²) in [5.74, 6) is -3.53. The van der Waals surface area contributed by atoms with Gasteiger partial charge in [-0.1, -0.05) is 13.8 Å². The molecule has 0 aliphatic heterocycles. The molecule has 4 unspecified atom stereocenters. The minimum Gasteiger partial charge on any atom is -0.495 e. The number of ketones is 3. The summed E-state index contributed by atoms with van der Waals surface area (Å²) in [5.41, 5.74) is -0.651. The standard InChI is InChI=1S/C21H26O7S/c1-6-9-28-21-10-14(21)12(3)17(22)16(20(21)24)18(23)13-7-8-15(29(5,25)26)19(27-4)11(13)2/h7-8,12,14,16H,6,9-10H2,1-5H3. The predicted molar refractivity (Wildman–Crippen MR) is 105 cm³/mol. The molecule has 2 fully saturated rings. The number of Topliss-reactive ketones (excluding diaryl/α,β-unsaturated/α-hetero) is 3. The number of methoxy groups -OCH3 is 1. The van der Waals surface area contributed by atoms with Crippen LogP contribution in [0.5, 0.6) is 5.75 Å². The van der Waals surface area contributed by atoms with Gasteiger partial charge in [0.1, 0.15) is 22.2 Å². The molecule has 2 saturated carbocycles. The minimum absolute atomic E-state index is 0.0448. The van der Waals surface area contributed by atoms with Crippen LogP contribution in [0.25, 0.3) is 0 Å². The number of hydrogen-bond donors (Lipinski definition) is 0. The van der Waals surface area contributed by atoms with E-state index < -0.39 is 44.6 Å². The Bertz CT molecular complexity index is 995. The third kappa shape index (κ3) is 3.32. The molecule has 1 aromatic rings. The van der Waals surface area contributed by atoms with Crippen LogP contribution in [0.1, 0.15) is 42.6 Å². The maximum absolute atomic E-state index is 13.3. The molecule has 0 radical (unpaired) electrons. The molecule has 29 heavy (non-hydrogen) atoms.